The van der Waals surface area contributed by atoms with Crippen molar-refractivity contribution in [3.8, 4) is 0 Å². The van der Waals surface area contributed by atoms with E-state index in [4.69, 9.17) is 10.2 Å². The SMILES string of the molecule is O=C(O)C=CC(=O)OC(=O)c1ccc(C(=O)OC(=O)C=CC(=O)O)cc1. The first-order valence-electron chi connectivity index (χ1n) is 6.63. The molecule has 26 heavy (non-hydrogen) atoms. The maximum atomic E-state index is 11.6. The summed E-state index contributed by atoms with van der Waals surface area (Å²) in [6.45, 7) is 0. The van der Waals surface area contributed by atoms with Crippen molar-refractivity contribution in [3.63, 3.8) is 0 Å². The van der Waals surface area contributed by atoms with Crippen LogP contribution in [-0.2, 0) is 28.7 Å². The normalized spacial score (nSPS) is 10.5. The van der Waals surface area contributed by atoms with Gasteiger partial charge in [-0.3, -0.25) is 0 Å². The predicted molar refractivity (Wildman–Crippen MR) is 80.8 cm³/mol. The highest BCUT2D eigenvalue weighted by Crippen LogP contribution is 2.08. The second-order valence-corrected chi connectivity index (χ2v) is 4.34. The lowest BCUT2D eigenvalue weighted by atomic mass is 10.1. The average Bonchev–Trinajstić information content (AvgIpc) is 2.58. The Morgan fingerprint density at radius 3 is 1.19 bits per heavy atom. The lowest BCUT2D eigenvalue weighted by molar-refractivity contribution is -0.134. The van der Waals surface area contributed by atoms with Gasteiger partial charge in [-0.2, -0.15) is 0 Å². The van der Waals surface area contributed by atoms with E-state index in [0.29, 0.717) is 24.3 Å². The monoisotopic (exact) mass is 362 g/mol. The number of carboxylic acid groups (broad SMARTS) is 2. The highest BCUT2D eigenvalue weighted by Gasteiger charge is 2.15. The van der Waals surface area contributed by atoms with Gasteiger partial charge in [0.25, 0.3) is 0 Å². The van der Waals surface area contributed by atoms with E-state index in [0.717, 1.165) is 24.3 Å². The number of esters is 4. The van der Waals surface area contributed by atoms with Crippen molar-refractivity contribution in [2.75, 3.05) is 0 Å². The molecule has 0 atom stereocenters. The summed E-state index contributed by atoms with van der Waals surface area (Å²) in [5.41, 5.74) is -0.258. The van der Waals surface area contributed by atoms with Crippen molar-refractivity contribution < 1.29 is 48.5 Å². The Balaban J connectivity index is 2.70. The minimum Gasteiger partial charge on any atom is -0.478 e. The number of ether oxygens (including phenoxy) is 2. The molecule has 0 bridgehead atoms. The molecule has 1 rings (SSSR count). The molecule has 0 unspecified atom stereocenters. The van der Waals surface area contributed by atoms with E-state index < -0.39 is 35.8 Å². The molecule has 134 valence electrons. The van der Waals surface area contributed by atoms with Gasteiger partial charge in [-0.1, -0.05) is 0 Å². The molecule has 0 amide bonds. The van der Waals surface area contributed by atoms with E-state index in [1.54, 1.807) is 0 Å². The van der Waals surface area contributed by atoms with Crippen LogP contribution in [0.2, 0.25) is 0 Å². The molecule has 1 aromatic rings. The molecular weight excluding hydrogens is 352 g/mol. The smallest absolute Gasteiger partial charge is 0.346 e. The molecule has 0 aromatic heterocycles. The lowest BCUT2D eigenvalue weighted by Gasteiger charge is -2.03. The van der Waals surface area contributed by atoms with Gasteiger partial charge in [-0.05, 0) is 24.3 Å². The molecule has 10 heteroatoms. The average molecular weight is 362 g/mol. The zero-order valence-electron chi connectivity index (χ0n) is 12.8. The Morgan fingerprint density at radius 1 is 0.615 bits per heavy atom. The van der Waals surface area contributed by atoms with Gasteiger partial charge < -0.3 is 19.7 Å². The van der Waals surface area contributed by atoms with Crippen molar-refractivity contribution >= 4 is 35.8 Å². The Hall–Kier alpha value is -4.08. The van der Waals surface area contributed by atoms with Gasteiger partial charge in [0.15, 0.2) is 0 Å². The molecule has 0 saturated heterocycles. The minimum absolute atomic E-state index is 0.129. The molecule has 0 saturated carbocycles. The second kappa shape index (κ2) is 9.27. The summed E-state index contributed by atoms with van der Waals surface area (Å²) in [4.78, 5) is 66.1. The number of hydrogen-bond donors (Lipinski definition) is 2. The van der Waals surface area contributed by atoms with E-state index in [1.165, 1.54) is 0 Å². The van der Waals surface area contributed by atoms with Crippen LogP contribution in [0.4, 0.5) is 0 Å². The second-order valence-electron chi connectivity index (χ2n) is 4.34. The first kappa shape index (κ1) is 20.0. The summed E-state index contributed by atoms with van der Waals surface area (Å²) in [5, 5.41) is 16.7. The molecule has 10 nitrogen and oxygen atoms in total. The summed E-state index contributed by atoms with van der Waals surface area (Å²) in [5.74, 6) is -7.38. The van der Waals surface area contributed by atoms with Gasteiger partial charge in [-0.25, -0.2) is 28.8 Å². The quantitative estimate of drug-likeness (QED) is 0.410. The summed E-state index contributed by atoms with van der Waals surface area (Å²) in [7, 11) is 0. The molecule has 0 fully saturated rings. The first-order chi connectivity index (χ1) is 12.2. The fraction of sp³-hybridized carbons (Fsp3) is 0. The molecule has 1 aromatic carbocycles. The number of benzene rings is 1. The zero-order chi connectivity index (χ0) is 19.7. The number of carbonyl (C=O) groups excluding carboxylic acids is 4. The van der Waals surface area contributed by atoms with Crippen LogP contribution in [-0.4, -0.2) is 46.0 Å². The van der Waals surface area contributed by atoms with Crippen LogP contribution in [0.15, 0.2) is 48.6 Å². The number of hydrogen-bond acceptors (Lipinski definition) is 8. The molecule has 0 heterocycles. The maximum Gasteiger partial charge on any atom is 0.346 e. The van der Waals surface area contributed by atoms with E-state index >= 15 is 0 Å². The summed E-state index contributed by atoms with van der Waals surface area (Å²) >= 11 is 0. The maximum absolute atomic E-state index is 11.6. The van der Waals surface area contributed by atoms with Gasteiger partial charge in [0, 0.05) is 24.3 Å². The molecule has 2 N–H and O–H groups in total. The van der Waals surface area contributed by atoms with Crippen molar-refractivity contribution in [2.24, 2.45) is 0 Å². The standard InChI is InChI=1S/C16H10O10/c17-11(18)5-7-13(21)25-15(23)9-1-2-10(4-3-9)16(24)26-14(22)8-6-12(19)20/h1-8H,(H,17,18)(H,19,20). The highest BCUT2D eigenvalue weighted by atomic mass is 16.6. The minimum atomic E-state index is -1.40. The van der Waals surface area contributed by atoms with Crippen molar-refractivity contribution in [2.45, 2.75) is 0 Å². The van der Waals surface area contributed by atoms with Crippen molar-refractivity contribution in [1.29, 1.82) is 0 Å². The molecule has 0 spiro atoms. The van der Waals surface area contributed by atoms with E-state index in [2.05, 4.69) is 9.47 Å². The summed E-state index contributed by atoms with van der Waals surface area (Å²) < 4.78 is 8.69. The van der Waals surface area contributed by atoms with E-state index in [1.807, 2.05) is 0 Å². The van der Waals surface area contributed by atoms with Crippen LogP contribution in [0.1, 0.15) is 20.7 Å². The number of rotatable bonds is 6. The molecule has 0 aliphatic rings. The lowest BCUT2D eigenvalue weighted by Crippen LogP contribution is -2.13. The van der Waals surface area contributed by atoms with Crippen LogP contribution in [0.5, 0.6) is 0 Å². The van der Waals surface area contributed by atoms with Crippen LogP contribution in [0.25, 0.3) is 0 Å². The van der Waals surface area contributed by atoms with Crippen LogP contribution in [0, 0.1) is 0 Å². The van der Waals surface area contributed by atoms with Crippen LogP contribution >= 0.6 is 0 Å². The Bertz CT molecular complexity index is 745. The predicted octanol–water partition coefficient (Wildman–Crippen LogP) is 0.335. The van der Waals surface area contributed by atoms with Crippen LogP contribution < -0.4 is 0 Å². The van der Waals surface area contributed by atoms with Crippen LogP contribution in [0.3, 0.4) is 0 Å². The number of aliphatic carboxylic acids is 2. The fourth-order valence-corrected chi connectivity index (χ4v) is 1.39. The third-order valence-electron chi connectivity index (χ3n) is 2.47. The highest BCUT2D eigenvalue weighted by molar-refractivity contribution is 6.03. The van der Waals surface area contributed by atoms with E-state index in [-0.39, 0.29) is 11.1 Å². The molecule has 0 aliphatic carbocycles. The molecule has 0 aliphatic heterocycles. The Labute approximate surface area is 144 Å². The first-order valence-corrected chi connectivity index (χ1v) is 6.63. The van der Waals surface area contributed by atoms with Crippen molar-refractivity contribution in [3.05, 3.63) is 59.7 Å². The number of carbonyl (C=O) groups is 6. The molecular formula is C16H10O10. The Morgan fingerprint density at radius 2 is 0.923 bits per heavy atom. The van der Waals surface area contributed by atoms with Gasteiger partial charge in [-0.15, -0.1) is 0 Å². The topological polar surface area (TPSA) is 161 Å². The fourth-order valence-electron chi connectivity index (χ4n) is 1.39. The van der Waals surface area contributed by atoms with E-state index in [9.17, 15) is 28.8 Å². The summed E-state index contributed by atoms with van der Waals surface area (Å²) in [6.07, 6.45) is 2.07. The molecule has 0 radical (unpaired) electrons. The largest absolute Gasteiger partial charge is 0.478 e. The third kappa shape index (κ3) is 7.00. The zero-order valence-corrected chi connectivity index (χ0v) is 12.8. The number of carboxylic acids is 2. The van der Waals surface area contributed by atoms with Gasteiger partial charge in [0.1, 0.15) is 0 Å². The Kier molecular flexibility index (Phi) is 7.12. The van der Waals surface area contributed by atoms with Gasteiger partial charge in [0.2, 0.25) is 0 Å². The van der Waals surface area contributed by atoms with Gasteiger partial charge in [0.05, 0.1) is 11.1 Å². The third-order valence-corrected chi connectivity index (χ3v) is 2.47. The van der Waals surface area contributed by atoms with Crippen molar-refractivity contribution in [1.82, 2.24) is 0 Å². The van der Waals surface area contributed by atoms with Gasteiger partial charge >= 0.3 is 35.8 Å². The summed E-state index contributed by atoms with van der Waals surface area (Å²) in [6, 6.07) is 4.41.